The quantitative estimate of drug-likeness (QED) is 0.0283. The molecule has 7 fully saturated rings. The van der Waals surface area contributed by atoms with E-state index >= 15 is 0 Å². The van der Waals surface area contributed by atoms with Gasteiger partial charge in [-0.15, -0.1) is 0 Å². The number of aromatic amines is 6. The summed E-state index contributed by atoms with van der Waals surface area (Å²) in [5.74, 6) is 8.12. The lowest BCUT2D eigenvalue weighted by Crippen LogP contribution is -2.22. The highest BCUT2D eigenvalue weighted by Crippen LogP contribution is 2.46. The molecule has 144 heavy (non-hydrogen) atoms. The molecular formula is C111H130ClN27O5. The second-order valence-electron chi connectivity index (χ2n) is 38.7. The van der Waals surface area contributed by atoms with E-state index in [1.54, 1.807) is 34.6 Å². The van der Waals surface area contributed by atoms with Crippen molar-refractivity contribution in [2.24, 2.45) is 0 Å². The number of methoxy groups -OCH3 is 3. The van der Waals surface area contributed by atoms with Gasteiger partial charge in [0.15, 0.2) is 0 Å². The predicted molar refractivity (Wildman–Crippen MR) is 576 cm³/mol. The van der Waals surface area contributed by atoms with Crippen LogP contribution in [-0.4, -0.2) is 173 Å². The second-order valence-corrected chi connectivity index (χ2v) is 39.1. The summed E-state index contributed by atoms with van der Waals surface area (Å²) in [5.41, 5.74) is 17.8. The number of hydrogen-bond donors (Lipinski definition) is 14. The minimum Gasteiger partial charge on any atom is -0.497 e. The number of ether oxygens (including phenoxy) is 3. The molecule has 7 aliphatic carbocycles. The molecule has 33 heteroatoms. The van der Waals surface area contributed by atoms with E-state index in [0.29, 0.717) is 64.4 Å². The van der Waals surface area contributed by atoms with Gasteiger partial charge in [-0.3, -0.25) is 40.2 Å². The summed E-state index contributed by atoms with van der Waals surface area (Å²) in [6.45, 7) is 1.51. The number of nitrogens with one attached hydrogen (secondary N) is 14. The minimum atomic E-state index is -0.0928. The van der Waals surface area contributed by atoms with Crippen LogP contribution in [-0.2, 0) is 4.79 Å². The molecule has 24 rings (SSSR count). The van der Waals surface area contributed by atoms with Crippen molar-refractivity contribution in [3.05, 3.63) is 199 Å². The number of halogens is 1. The molecule has 746 valence electrons. The van der Waals surface area contributed by atoms with Gasteiger partial charge in [0, 0.05) is 150 Å². The Kier molecular flexibility index (Phi) is 32.2. The molecule has 0 radical (unpaired) electrons. The number of amides is 2. The number of benzene rings is 4. The normalized spacial score (nSPS) is 16.1. The average Bonchev–Trinajstić information content (AvgIpc) is 1.64. The highest BCUT2D eigenvalue weighted by Gasteiger charge is 2.31. The third kappa shape index (κ3) is 23.9. The molecule has 14 N–H and O–H groups in total. The Morgan fingerprint density at radius 3 is 1.02 bits per heavy atom. The van der Waals surface area contributed by atoms with E-state index in [1.165, 1.54) is 223 Å². The van der Waals surface area contributed by atoms with E-state index in [-0.39, 0.29) is 11.8 Å². The Morgan fingerprint density at radius 2 is 0.681 bits per heavy atom. The maximum atomic E-state index is 11.7. The van der Waals surface area contributed by atoms with Crippen molar-refractivity contribution in [1.82, 2.24) is 101 Å². The van der Waals surface area contributed by atoms with Gasteiger partial charge in [-0.25, -0.2) is 34.9 Å². The Bertz CT molecular complexity index is 6980. The van der Waals surface area contributed by atoms with Gasteiger partial charge in [-0.2, -0.15) is 30.6 Å². The topological polar surface area (TPSA) is 420 Å². The standard InChI is InChI=1S/2C20H23N5O.C19H21ClN4O.C19H22N4O.C18H21N5O.C15H20N4/c1-13(26)22-16-9-5-6-14(12-16)19-18-17(24-25-19)10-11-21-20(18)23-15-7-3-2-4-8-15;1-21-20(26)14-9-7-13(8-10-14)18-17-16(24-25-18)11-12-22-19(17)23-15-5-3-2-4-6-15;1-25-16-8-7-12(11-14(16)20)18-17-15(23-24-18)9-10-21-19(17)22-13-5-3-2-4-6-13;1-24-15-9-7-13(8-10-15)18-17-16(22-23-18)11-12-20-19(17)21-14-5-3-2-4-6-14;1-24-15-8-7-12(11-20-15)17-16-14(22-23-17)9-10-19-18(16)21-13-5-3-2-4-6-13;1-2-4-11(5-3-1)17-15-13-12(8-9-16-15)18-19-14(13)10-6-7-10/h5-6,9-12,15H,2-4,7-8H2,1H3,(H,21,23)(H,22,26)(H,24,25);7-12,15H,2-6H2,1H3,(H,21,26)(H,22,23)(H,24,25);7-11,13H,2-6H2,1H3,(H,21,22)(H,23,24);7-12,14H,2-6H2,1H3,(H,20,21)(H,22,23);7-11,13H,2-6H2,1H3,(H,19,21)(H,22,23);8-11H,1-7H2,(H,16,17)(H,18,19). The van der Waals surface area contributed by atoms with E-state index in [0.717, 1.165) is 163 Å². The highest BCUT2D eigenvalue weighted by atomic mass is 35.5. The number of anilines is 7. The molecule has 13 heterocycles. The number of aromatic nitrogens is 19. The van der Waals surface area contributed by atoms with Crippen LogP contribution < -0.4 is 56.7 Å². The summed E-state index contributed by atoms with van der Waals surface area (Å²) in [6.07, 6.45) is 53.4. The van der Waals surface area contributed by atoms with Gasteiger partial charge in [0.2, 0.25) is 11.8 Å². The number of rotatable bonds is 23. The summed E-state index contributed by atoms with van der Waals surface area (Å²) in [5, 5.41) is 79.9. The fraction of sp³-hybridized carbons (Fsp3) is 0.396. The largest absolute Gasteiger partial charge is 0.497 e. The maximum absolute atomic E-state index is 11.7. The first-order valence-electron chi connectivity index (χ1n) is 51.6. The van der Waals surface area contributed by atoms with Crippen LogP contribution in [0.15, 0.2) is 183 Å². The van der Waals surface area contributed by atoms with E-state index < -0.39 is 0 Å². The van der Waals surface area contributed by atoms with Crippen molar-refractivity contribution in [1.29, 1.82) is 0 Å². The minimum absolute atomic E-state index is 0.0876. The van der Waals surface area contributed by atoms with Gasteiger partial charge in [0.1, 0.15) is 74.9 Å². The number of pyridine rings is 7. The zero-order valence-corrected chi connectivity index (χ0v) is 83.5. The third-order valence-corrected chi connectivity index (χ3v) is 28.9. The molecule has 0 unspecified atom stereocenters. The Morgan fingerprint density at radius 1 is 0.333 bits per heavy atom. The zero-order chi connectivity index (χ0) is 98.5. The van der Waals surface area contributed by atoms with Crippen molar-refractivity contribution < 1.29 is 23.8 Å². The van der Waals surface area contributed by atoms with Crippen LogP contribution in [0.3, 0.4) is 0 Å². The highest BCUT2D eigenvalue weighted by molar-refractivity contribution is 6.32. The smallest absolute Gasteiger partial charge is 0.251 e. The molecular weight excluding hydrogens is 1830 g/mol. The molecule has 0 spiro atoms. The van der Waals surface area contributed by atoms with E-state index in [2.05, 4.69) is 139 Å². The maximum Gasteiger partial charge on any atom is 0.251 e. The monoisotopic (exact) mass is 1960 g/mol. The van der Waals surface area contributed by atoms with E-state index in [4.69, 9.17) is 25.8 Å². The van der Waals surface area contributed by atoms with Crippen molar-refractivity contribution >= 4 is 129 Å². The van der Waals surface area contributed by atoms with Crippen molar-refractivity contribution in [2.45, 2.75) is 255 Å². The SMILES string of the molecule is CC(=O)Nc1cccc(-c2n[nH]c3ccnc(NC4CCCCC4)c23)c1.CNC(=O)c1ccc(-c2n[nH]c3ccnc(NC4CCCCC4)c23)cc1.COc1ccc(-c2n[nH]c3ccnc(NC4CCCCC4)c23)cc1.COc1ccc(-c2n[nH]c3ccnc(NC4CCCCC4)c23)cc1Cl.COc1ccc(-c2n[nH]c3ccnc(NC4CCCCC4)c23)cn1.c1cc2n[nH]c(C3CC3)c2c(NC2CCCCC2)n1. The summed E-state index contributed by atoms with van der Waals surface area (Å²) in [4.78, 5) is 54.9. The van der Waals surface area contributed by atoms with Crippen LogP contribution in [0.5, 0.6) is 17.4 Å². The van der Waals surface area contributed by atoms with Crippen LogP contribution in [0.4, 0.5) is 40.6 Å². The Labute approximate surface area is 842 Å². The van der Waals surface area contributed by atoms with Gasteiger partial charge in [0.05, 0.1) is 91.8 Å². The van der Waals surface area contributed by atoms with Crippen LogP contribution >= 0.6 is 11.6 Å². The molecule has 13 aromatic heterocycles. The first-order valence-corrected chi connectivity index (χ1v) is 52.0. The summed E-state index contributed by atoms with van der Waals surface area (Å²) >= 11 is 6.30. The number of H-pyrrole nitrogens is 6. The van der Waals surface area contributed by atoms with Crippen LogP contribution in [0, 0.1) is 0 Å². The van der Waals surface area contributed by atoms with Crippen molar-refractivity contribution in [3.63, 3.8) is 0 Å². The van der Waals surface area contributed by atoms with E-state index in [1.807, 2.05) is 177 Å². The zero-order valence-electron chi connectivity index (χ0n) is 82.7. The molecule has 32 nitrogen and oxygen atoms in total. The van der Waals surface area contributed by atoms with Crippen LogP contribution in [0.25, 0.3) is 122 Å². The molecule has 2 amide bonds. The van der Waals surface area contributed by atoms with Gasteiger partial charge in [-0.05, 0) is 199 Å². The first-order chi connectivity index (χ1) is 70.8. The molecule has 7 aliphatic rings. The molecule has 0 aliphatic heterocycles. The number of hydrogen-bond acceptors (Lipinski definition) is 24. The Balaban J connectivity index is 0.000000110. The molecule has 17 aromatic rings. The molecule has 7 saturated carbocycles. The van der Waals surface area contributed by atoms with Gasteiger partial charge >= 0.3 is 0 Å². The molecule has 0 atom stereocenters. The number of nitrogens with zero attached hydrogens (tertiary/aromatic N) is 13. The fourth-order valence-corrected chi connectivity index (χ4v) is 21.2. The molecule has 4 aromatic carbocycles. The first kappa shape index (κ1) is 98.0. The van der Waals surface area contributed by atoms with Crippen LogP contribution in [0.2, 0.25) is 5.02 Å². The van der Waals surface area contributed by atoms with Gasteiger partial charge in [-0.1, -0.05) is 151 Å². The average molecular weight is 1960 g/mol. The number of fused-ring (bicyclic) bond motifs is 6. The van der Waals surface area contributed by atoms with E-state index in [9.17, 15) is 9.59 Å². The summed E-state index contributed by atoms with van der Waals surface area (Å²) in [7, 11) is 6.53. The van der Waals surface area contributed by atoms with Gasteiger partial charge < -0.3 is 56.7 Å². The predicted octanol–water partition coefficient (Wildman–Crippen LogP) is 24.8. The number of carbonyl (C=O) groups is 2. The lowest BCUT2D eigenvalue weighted by Gasteiger charge is -2.23. The molecule has 0 bridgehead atoms. The summed E-state index contributed by atoms with van der Waals surface area (Å²) < 4.78 is 15.6. The Hall–Kier alpha value is -14.8. The second kappa shape index (κ2) is 47.4. The van der Waals surface area contributed by atoms with Crippen LogP contribution in [0.1, 0.15) is 234 Å². The lowest BCUT2D eigenvalue weighted by atomic mass is 9.95. The van der Waals surface area contributed by atoms with Gasteiger partial charge in [0.25, 0.3) is 5.91 Å². The summed E-state index contributed by atoms with van der Waals surface area (Å²) in [6, 6.07) is 47.5. The van der Waals surface area contributed by atoms with Crippen molar-refractivity contribution in [2.75, 3.05) is 65.6 Å². The molecule has 0 saturated heterocycles. The number of carbonyl (C=O) groups excluding carboxylic acids is 2. The van der Waals surface area contributed by atoms with Crippen molar-refractivity contribution in [3.8, 4) is 73.7 Å². The fourth-order valence-electron chi connectivity index (χ4n) is 20.9. The lowest BCUT2D eigenvalue weighted by molar-refractivity contribution is -0.114. The third-order valence-electron chi connectivity index (χ3n) is 28.6.